The maximum Gasteiger partial charge on any atom is 0.157 e. The lowest BCUT2D eigenvalue weighted by Crippen LogP contribution is -2.33. The summed E-state index contributed by atoms with van der Waals surface area (Å²) in [7, 11) is 0. The number of halogens is 1. The third-order valence-electron chi connectivity index (χ3n) is 3.14. The Labute approximate surface area is 105 Å². The molecule has 6 heteroatoms. The van der Waals surface area contributed by atoms with Crippen molar-refractivity contribution in [2.45, 2.75) is 44.2 Å². The highest BCUT2D eigenvalue weighted by molar-refractivity contribution is 6.32. The summed E-state index contributed by atoms with van der Waals surface area (Å²) in [5.74, 6) is 0.510. The van der Waals surface area contributed by atoms with Crippen molar-refractivity contribution in [2.75, 3.05) is 11.1 Å². The molecule has 0 spiro atoms. The first-order valence-electron chi connectivity index (χ1n) is 5.89. The Hall–Kier alpha value is -1.07. The van der Waals surface area contributed by atoms with Gasteiger partial charge in [-0.05, 0) is 12.8 Å². The fourth-order valence-corrected chi connectivity index (χ4v) is 2.25. The van der Waals surface area contributed by atoms with Crippen LogP contribution in [0.15, 0.2) is 6.33 Å². The molecule has 1 aliphatic rings. The number of anilines is 2. The van der Waals surface area contributed by atoms with Gasteiger partial charge in [-0.2, -0.15) is 0 Å². The van der Waals surface area contributed by atoms with Crippen molar-refractivity contribution in [3.63, 3.8) is 0 Å². The number of hydrogen-bond donors (Lipinski definition) is 3. The van der Waals surface area contributed by atoms with E-state index >= 15 is 0 Å². The number of hydrogen-bond acceptors (Lipinski definition) is 5. The van der Waals surface area contributed by atoms with Crippen molar-refractivity contribution in [2.24, 2.45) is 0 Å². The lowest BCUT2D eigenvalue weighted by Gasteiger charge is -2.22. The SMILES string of the molecule is Nc1c(Cl)ncnc1NC1CCCCCC1O. The molecule has 94 valence electrons. The molecule has 0 bridgehead atoms. The summed E-state index contributed by atoms with van der Waals surface area (Å²) in [4.78, 5) is 7.85. The Morgan fingerprint density at radius 2 is 2.06 bits per heavy atom. The number of rotatable bonds is 2. The van der Waals surface area contributed by atoms with Gasteiger partial charge in [0.2, 0.25) is 0 Å². The van der Waals surface area contributed by atoms with Gasteiger partial charge in [0.15, 0.2) is 11.0 Å². The van der Waals surface area contributed by atoms with Crippen LogP contribution in [-0.4, -0.2) is 27.2 Å². The fraction of sp³-hybridized carbons (Fsp3) is 0.636. The molecule has 2 rings (SSSR count). The second-order valence-corrected chi connectivity index (χ2v) is 4.74. The minimum atomic E-state index is -0.356. The van der Waals surface area contributed by atoms with E-state index in [9.17, 15) is 5.11 Å². The zero-order valence-corrected chi connectivity index (χ0v) is 10.3. The molecule has 4 N–H and O–H groups in total. The smallest absolute Gasteiger partial charge is 0.157 e. The van der Waals surface area contributed by atoms with E-state index in [1.807, 2.05) is 0 Å². The molecule has 0 radical (unpaired) electrons. The maximum atomic E-state index is 9.99. The number of nitrogens with one attached hydrogen (secondary N) is 1. The van der Waals surface area contributed by atoms with Gasteiger partial charge in [-0.15, -0.1) is 0 Å². The number of nitrogens with zero attached hydrogens (tertiary/aromatic N) is 2. The monoisotopic (exact) mass is 256 g/mol. The lowest BCUT2D eigenvalue weighted by atomic mass is 10.1. The number of nitrogens with two attached hydrogens (primary N) is 1. The maximum absolute atomic E-state index is 9.99. The molecular weight excluding hydrogens is 240 g/mol. The summed E-state index contributed by atoms with van der Waals surface area (Å²) in [6, 6.07) is -0.00855. The summed E-state index contributed by atoms with van der Waals surface area (Å²) >= 11 is 5.82. The first-order chi connectivity index (χ1) is 8.18. The minimum Gasteiger partial charge on any atom is -0.393 e. The van der Waals surface area contributed by atoms with Crippen LogP contribution in [0, 0.1) is 0 Å². The minimum absolute atomic E-state index is 0.00855. The number of nitrogen functional groups attached to an aromatic ring is 1. The van der Waals surface area contributed by atoms with Crippen molar-refractivity contribution in [1.29, 1.82) is 0 Å². The van der Waals surface area contributed by atoms with Crippen LogP contribution in [0.1, 0.15) is 32.1 Å². The summed E-state index contributed by atoms with van der Waals surface area (Å²) in [5.41, 5.74) is 6.12. The highest BCUT2D eigenvalue weighted by Gasteiger charge is 2.22. The van der Waals surface area contributed by atoms with Gasteiger partial charge in [-0.1, -0.05) is 30.9 Å². The highest BCUT2D eigenvalue weighted by atomic mass is 35.5. The average Bonchev–Trinajstić information content (AvgIpc) is 2.51. The van der Waals surface area contributed by atoms with Crippen LogP contribution in [0.25, 0.3) is 0 Å². The molecule has 1 saturated carbocycles. The zero-order chi connectivity index (χ0) is 12.3. The van der Waals surface area contributed by atoms with Gasteiger partial charge in [0, 0.05) is 0 Å². The summed E-state index contributed by atoms with van der Waals surface area (Å²) in [6.45, 7) is 0. The van der Waals surface area contributed by atoms with Crippen LogP contribution in [0.3, 0.4) is 0 Å². The first kappa shape index (κ1) is 12.4. The van der Waals surface area contributed by atoms with Crippen molar-refractivity contribution >= 4 is 23.1 Å². The van der Waals surface area contributed by atoms with E-state index < -0.39 is 0 Å². The van der Waals surface area contributed by atoms with Gasteiger partial charge in [-0.25, -0.2) is 9.97 Å². The Morgan fingerprint density at radius 3 is 2.88 bits per heavy atom. The molecule has 1 aromatic rings. The van der Waals surface area contributed by atoms with E-state index in [4.69, 9.17) is 17.3 Å². The molecule has 0 aliphatic heterocycles. The second kappa shape index (κ2) is 5.51. The van der Waals surface area contributed by atoms with E-state index in [1.165, 1.54) is 6.33 Å². The number of aromatic nitrogens is 2. The molecule has 1 heterocycles. The van der Waals surface area contributed by atoms with Crippen LogP contribution >= 0.6 is 11.6 Å². The van der Waals surface area contributed by atoms with Gasteiger partial charge >= 0.3 is 0 Å². The Bertz CT molecular complexity index is 388. The van der Waals surface area contributed by atoms with Gasteiger partial charge in [0.05, 0.1) is 12.1 Å². The van der Waals surface area contributed by atoms with Crippen molar-refractivity contribution in [1.82, 2.24) is 9.97 Å². The van der Waals surface area contributed by atoms with Crippen LogP contribution in [0.4, 0.5) is 11.5 Å². The second-order valence-electron chi connectivity index (χ2n) is 4.38. The van der Waals surface area contributed by atoms with Crippen molar-refractivity contribution < 1.29 is 5.11 Å². The van der Waals surface area contributed by atoms with Crippen LogP contribution < -0.4 is 11.1 Å². The summed E-state index contributed by atoms with van der Waals surface area (Å²) in [6.07, 6.45) is 6.08. The number of aliphatic hydroxyl groups is 1. The molecule has 5 nitrogen and oxygen atoms in total. The first-order valence-corrected chi connectivity index (χ1v) is 6.27. The molecular formula is C11H17ClN4O. The highest BCUT2D eigenvalue weighted by Crippen LogP contribution is 2.26. The van der Waals surface area contributed by atoms with Crippen LogP contribution in [0.5, 0.6) is 0 Å². The van der Waals surface area contributed by atoms with Crippen LogP contribution in [0.2, 0.25) is 5.15 Å². The predicted octanol–water partition coefficient (Wildman–Crippen LogP) is 1.82. The third-order valence-corrected chi connectivity index (χ3v) is 3.44. The summed E-state index contributed by atoms with van der Waals surface area (Å²) in [5, 5.41) is 13.4. The van der Waals surface area contributed by atoms with Crippen LogP contribution in [-0.2, 0) is 0 Å². The average molecular weight is 257 g/mol. The molecule has 1 aromatic heterocycles. The van der Waals surface area contributed by atoms with Gasteiger partial charge in [0.25, 0.3) is 0 Å². The Kier molecular flexibility index (Phi) is 4.02. The van der Waals surface area contributed by atoms with E-state index in [2.05, 4.69) is 15.3 Å². The molecule has 1 aliphatic carbocycles. The quantitative estimate of drug-likeness (QED) is 0.555. The van der Waals surface area contributed by atoms with E-state index in [0.717, 1.165) is 32.1 Å². The largest absolute Gasteiger partial charge is 0.393 e. The van der Waals surface area contributed by atoms with Gasteiger partial charge < -0.3 is 16.2 Å². The molecule has 0 aromatic carbocycles. The van der Waals surface area contributed by atoms with Crippen molar-refractivity contribution in [3.8, 4) is 0 Å². The van der Waals surface area contributed by atoms with E-state index in [0.29, 0.717) is 11.5 Å². The molecule has 0 saturated heterocycles. The molecule has 2 atom stereocenters. The summed E-state index contributed by atoms with van der Waals surface area (Å²) < 4.78 is 0. The van der Waals surface area contributed by atoms with Crippen molar-refractivity contribution in [3.05, 3.63) is 11.5 Å². The lowest BCUT2D eigenvalue weighted by molar-refractivity contribution is 0.144. The predicted molar refractivity (Wildman–Crippen MR) is 68.0 cm³/mol. The Balaban J connectivity index is 2.10. The standard InChI is InChI=1S/C11H17ClN4O/c12-10-9(13)11(15-6-14-10)16-7-4-2-1-3-5-8(7)17/h6-8,17H,1-5,13H2,(H,14,15,16). The van der Waals surface area contributed by atoms with Gasteiger partial charge in [0.1, 0.15) is 12.0 Å². The fourth-order valence-electron chi connectivity index (χ4n) is 2.12. The zero-order valence-electron chi connectivity index (χ0n) is 9.56. The Morgan fingerprint density at radius 1 is 1.29 bits per heavy atom. The third kappa shape index (κ3) is 2.98. The van der Waals surface area contributed by atoms with E-state index in [-0.39, 0.29) is 17.3 Å². The normalized spacial score (nSPS) is 25.3. The molecule has 17 heavy (non-hydrogen) atoms. The molecule has 0 amide bonds. The molecule has 1 fully saturated rings. The number of aliphatic hydroxyl groups excluding tert-OH is 1. The van der Waals surface area contributed by atoms with Gasteiger partial charge in [-0.3, -0.25) is 0 Å². The topological polar surface area (TPSA) is 84.1 Å². The van der Waals surface area contributed by atoms with E-state index in [1.54, 1.807) is 0 Å². The molecule has 2 unspecified atom stereocenters.